The summed E-state index contributed by atoms with van der Waals surface area (Å²) >= 11 is 1.56. The first-order valence-corrected chi connectivity index (χ1v) is 11.3. The Kier molecular flexibility index (Phi) is 7.33. The molecular weight excluding hydrogens is 408 g/mol. The molecule has 0 aliphatic heterocycles. The maximum Gasteiger partial charge on any atom is 0.254 e. The predicted octanol–water partition coefficient (Wildman–Crippen LogP) is 5.71. The number of carbonyl (C=O) groups excluding carboxylic acids is 1. The lowest BCUT2D eigenvalue weighted by Crippen LogP contribution is -2.36. The zero-order valence-electron chi connectivity index (χ0n) is 19.1. The molecule has 0 bridgehead atoms. The molecule has 0 saturated heterocycles. The molecule has 0 radical (unpaired) electrons. The van der Waals surface area contributed by atoms with E-state index in [9.17, 15) is 4.79 Å². The highest BCUT2D eigenvalue weighted by Gasteiger charge is 2.20. The quantitative estimate of drug-likeness (QED) is 0.452. The van der Waals surface area contributed by atoms with E-state index in [-0.39, 0.29) is 11.9 Å². The van der Waals surface area contributed by atoms with Crippen LogP contribution >= 0.6 is 11.3 Å². The van der Waals surface area contributed by atoms with Crippen molar-refractivity contribution in [3.63, 3.8) is 0 Å². The van der Waals surface area contributed by atoms with Gasteiger partial charge in [-0.15, -0.1) is 11.3 Å². The number of hydrogen-bond acceptors (Lipinski definition) is 5. The Labute approximate surface area is 188 Å². The van der Waals surface area contributed by atoms with Gasteiger partial charge in [0.1, 0.15) is 23.1 Å². The van der Waals surface area contributed by atoms with Crippen LogP contribution in [0, 0.1) is 20.8 Å². The Morgan fingerprint density at radius 2 is 1.84 bits per heavy atom. The number of methoxy groups -OCH3 is 1. The third-order valence-corrected chi connectivity index (χ3v) is 6.14. The van der Waals surface area contributed by atoms with Crippen molar-refractivity contribution in [2.24, 2.45) is 0 Å². The van der Waals surface area contributed by atoms with Crippen LogP contribution in [0.3, 0.4) is 0 Å². The lowest BCUT2D eigenvalue weighted by atomic mass is 10.1. The molecule has 0 atom stereocenters. The first-order chi connectivity index (χ1) is 14.8. The van der Waals surface area contributed by atoms with E-state index in [1.165, 1.54) is 11.1 Å². The molecule has 0 saturated carbocycles. The van der Waals surface area contributed by atoms with E-state index in [4.69, 9.17) is 14.5 Å². The minimum atomic E-state index is -0.0192. The van der Waals surface area contributed by atoms with Crippen LogP contribution < -0.4 is 9.47 Å². The highest BCUT2D eigenvalue weighted by atomic mass is 32.1. The number of thiazole rings is 1. The maximum absolute atomic E-state index is 13.0. The van der Waals surface area contributed by atoms with Crippen molar-refractivity contribution < 1.29 is 14.3 Å². The van der Waals surface area contributed by atoms with E-state index < -0.39 is 0 Å². The molecule has 0 aliphatic carbocycles. The van der Waals surface area contributed by atoms with E-state index >= 15 is 0 Å². The van der Waals surface area contributed by atoms with E-state index in [1.807, 2.05) is 24.1 Å². The van der Waals surface area contributed by atoms with Gasteiger partial charge in [-0.25, -0.2) is 4.98 Å². The second kappa shape index (κ2) is 9.96. The maximum atomic E-state index is 13.0. The van der Waals surface area contributed by atoms with Crippen molar-refractivity contribution in [3.8, 4) is 11.5 Å². The molecule has 1 aromatic heterocycles. The third-order valence-electron chi connectivity index (χ3n) is 5.27. The highest BCUT2D eigenvalue weighted by molar-refractivity contribution is 7.09. The number of aromatic nitrogens is 1. The number of nitrogens with zero attached hydrogens (tertiary/aromatic N) is 2. The fraction of sp³-hybridized carbons (Fsp3) is 0.360. The van der Waals surface area contributed by atoms with Crippen LogP contribution in [0.4, 0.5) is 0 Å². The fourth-order valence-electron chi connectivity index (χ4n) is 3.34. The van der Waals surface area contributed by atoms with Gasteiger partial charge in [0.05, 0.1) is 19.3 Å². The van der Waals surface area contributed by atoms with Crippen molar-refractivity contribution >= 4 is 17.2 Å². The zero-order chi connectivity index (χ0) is 22.5. The number of carbonyl (C=O) groups is 1. The first kappa shape index (κ1) is 22.8. The number of ether oxygens (including phenoxy) is 2. The molecule has 0 spiro atoms. The number of benzene rings is 2. The van der Waals surface area contributed by atoms with Gasteiger partial charge < -0.3 is 14.4 Å². The van der Waals surface area contributed by atoms with Gasteiger partial charge in [0, 0.05) is 17.0 Å². The summed E-state index contributed by atoms with van der Waals surface area (Å²) < 4.78 is 11.2. The minimum absolute atomic E-state index is 0.0192. The predicted molar refractivity (Wildman–Crippen MR) is 125 cm³/mol. The number of rotatable bonds is 8. The van der Waals surface area contributed by atoms with Crippen LogP contribution in [0.2, 0.25) is 0 Å². The number of amides is 1. The van der Waals surface area contributed by atoms with Gasteiger partial charge in [-0.3, -0.25) is 4.79 Å². The lowest BCUT2D eigenvalue weighted by molar-refractivity contribution is 0.0688. The molecule has 6 heteroatoms. The molecule has 0 unspecified atom stereocenters. The average molecular weight is 439 g/mol. The molecule has 0 aliphatic rings. The van der Waals surface area contributed by atoms with Crippen molar-refractivity contribution in [1.29, 1.82) is 0 Å². The molecule has 2 aromatic carbocycles. The summed E-state index contributed by atoms with van der Waals surface area (Å²) in [7, 11) is 1.61. The second-order valence-electron chi connectivity index (χ2n) is 7.98. The van der Waals surface area contributed by atoms with Gasteiger partial charge in [-0.1, -0.05) is 6.07 Å². The SMILES string of the molecule is COc1ccc(C(=O)N(Cc2csc(COc3cc(C)cc(C)c3C)n2)C(C)C)cc1. The van der Waals surface area contributed by atoms with E-state index in [0.717, 1.165) is 27.8 Å². The summed E-state index contributed by atoms with van der Waals surface area (Å²) in [6, 6.07) is 11.5. The number of hydrogen-bond donors (Lipinski definition) is 0. The van der Waals surface area contributed by atoms with Crippen LogP contribution in [0.25, 0.3) is 0 Å². The van der Waals surface area contributed by atoms with Crippen molar-refractivity contribution in [1.82, 2.24) is 9.88 Å². The lowest BCUT2D eigenvalue weighted by Gasteiger charge is -2.26. The van der Waals surface area contributed by atoms with Crippen LogP contribution in [0.5, 0.6) is 11.5 Å². The molecular formula is C25H30N2O3S. The van der Waals surface area contributed by atoms with Crippen molar-refractivity contribution in [2.75, 3.05) is 7.11 Å². The number of aryl methyl sites for hydroxylation is 2. The largest absolute Gasteiger partial charge is 0.497 e. The topological polar surface area (TPSA) is 51.7 Å². The van der Waals surface area contributed by atoms with Gasteiger partial charge in [0.15, 0.2) is 0 Å². The third kappa shape index (κ3) is 5.64. The second-order valence-corrected chi connectivity index (χ2v) is 8.92. The average Bonchev–Trinajstić information content (AvgIpc) is 3.20. The van der Waals surface area contributed by atoms with Crippen molar-refractivity contribution in [2.45, 2.75) is 53.8 Å². The van der Waals surface area contributed by atoms with E-state index in [2.05, 4.69) is 32.9 Å². The van der Waals surface area contributed by atoms with E-state index in [1.54, 1.807) is 42.7 Å². The van der Waals surface area contributed by atoms with Gasteiger partial charge in [0.2, 0.25) is 0 Å². The Bertz CT molecular complexity index is 1040. The zero-order valence-corrected chi connectivity index (χ0v) is 19.9. The van der Waals surface area contributed by atoms with Gasteiger partial charge >= 0.3 is 0 Å². The fourth-order valence-corrected chi connectivity index (χ4v) is 4.04. The monoisotopic (exact) mass is 438 g/mol. The van der Waals surface area contributed by atoms with Gasteiger partial charge in [0.25, 0.3) is 5.91 Å². The first-order valence-electron chi connectivity index (χ1n) is 10.4. The normalized spacial score (nSPS) is 10.9. The summed E-state index contributed by atoms with van der Waals surface area (Å²) in [6.07, 6.45) is 0. The Balaban J connectivity index is 1.68. The summed E-state index contributed by atoms with van der Waals surface area (Å²) in [5.41, 5.74) is 5.07. The molecule has 0 N–H and O–H groups in total. The highest BCUT2D eigenvalue weighted by Crippen LogP contribution is 2.25. The smallest absolute Gasteiger partial charge is 0.254 e. The van der Waals surface area contributed by atoms with Crippen LogP contribution in [-0.4, -0.2) is 28.9 Å². The molecule has 5 nitrogen and oxygen atoms in total. The Morgan fingerprint density at radius 3 is 2.48 bits per heavy atom. The summed E-state index contributed by atoms with van der Waals surface area (Å²) in [6.45, 7) is 11.1. The molecule has 164 valence electrons. The minimum Gasteiger partial charge on any atom is -0.497 e. The van der Waals surface area contributed by atoms with Gasteiger partial charge in [-0.2, -0.15) is 0 Å². The summed E-state index contributed by atoms with van der Waals surface area (Å²) in [4.78, 5) is 19.6. The molecule has 3 rings (SSSR count). The van der Waals surface area contributed by atoms with Crippen LogP contribution in [0.15, 0.2) is 41.8 Å². The van der Waals surface area contributed by atoms with Crippen molar-refractivity contribution in [3.05, 3.63) is 74.7 Å². The molecule has 1 amide bonds. The molecule has 3 aromatic rings. The summed E-state index contributed by atoms with van der Waals surface area (Å²) in [5, 5.41) is 2.90. The molecule has 1 heterocycles. The van der Waals surface area contributed by atoms with Crippen LogP contribution in [-0.2, 0) is 13.2 Å². The Morgan fingerprint density at radius 1 is 1.13 bits per heavy atom. The standard InChI is InChI=1S/C25H30N2O3S/c1-16(2)27(25(28)20-7-9-22(29-6)10-8-20)13-21-15-31-24(26-21)14-30-23-12-17(3)11-18(4)19(23)5/h7-12,15-16H,13-14H2,1-6H3. The Hall–Kier alpha value is -2.86. The molecule has 31 heavy (non-hydrogen) atoms. The van der Waals surface area contributed by atoms with Crippen LogP contribution in [0.1, 0.15) is 51.6 Å². The summed E-state index contributed by atoms with van der Waals surface area (Å²) in [5.74, 6) is 1.61. The van der Waals surface area contributed by atoms with Gasteiger partial charge in [-0.05, 0) is 81.6 Å². The van der Waals surface area contributed by atoms with E-state index in [0.29, 0.717) is 18.7 Å². The molecule has 0 fully saturated rings.